The van der Waals surface area contributed by atoms with E-state index >= 15 is 0 Å². The number of nitrogens with zero attached hydrogens (tertiary/aromatic N) is 5. The van der Waals surface area contributed by atoms with Gasteiger partial charge in [-0.2, -0.15) is 5.10 Å². The molecule has 1 saturated carbocycles. The average Bonchev–Trinajstić information content (AvgIpc) is 3.37. The molecule has 1 unspecified atom stereocenters. The lowest BCUT2D eigenvalue weighted by molar-refractivity contribution is 0.0344. The quantitative estimate of drug-likeness (QED) is 0.829. The number of hydrogen-bond acceptors (Lipinski definition) is 5. The molecule has 0 aromatic carbocycles. The van der Waals surface area contributed by atoms with Gasteiger partial charge in [0.2, 0.25) is 0 Å². The highest BCUT2D eigenvalue weighted by molar-refractivity contribution is 5.92. The maximum Gasteiger partial charge on any atom is 0.274 e. The number of aryl methyl sites for hydroxylation is 1. The minimum atomic E-state index is -0.130. The van der Waals surface area contributed by atoms with Gasteiger partial charge in [-0.3, -0.25) is 14.5 Å². The molecule has 4 rings (SSSR count). The summed E-state index contributed by atoms with van der Waals surface area (Å²) in [5.41, 5.74) is 2.63. The van der Waals surface area contributed by atoms with Crippen molar-refractivity contribution in [1.29, 1.82) is 0 Å². The predicted molar refractivity (Wildman–Crippen MR) is 86.3 cm³/mol. The molecule has 0 spiro atoms. The Kier molecular flexibility index (Phi) is 4.02. The Morgan fingerprint density at radius 1 is 1.29 bits per heavy atom. The molecule has 0 bridgehead atoms. The lowest BCUT2D eigenvalue weighted by atomic mass is 9.99. The van der Waals surface area contributed by atoms with Crippen molar-refractivity contribution >= 4 is 5.91 Å². The Morgan fingerprint density at radius 2 is 2.17 bits per heavy atom. The first-order valence-electron chi connectivity index (χ1n) is 8.39. The smallest absolute Gasteiger partial charge is 0.274 e. The summed E-state index contributed by atoms with van der Waals surface area (Å²) in [5, 5.41) is 4.37. The summed E-state index contributed by atoms with van der Waals surface area (Å²) in [6, 6.07) is -0.130. The molecule has 1 fully saturated rings. The second-order valence-electron chi connectivity index (χ2n) is 6.51. The number of carbonyl (C=O) groups is 1. The van der Waals surface area contributed by atoms with Crippen LogP contribution in [0.15, 0.2) is 24.8 Å². The number of rotatable bonds is 5. The van der Waals surface area contributed by atoms with Crippen LogP contribution in [-0.2, 0) is 18.2 Å². The molecule has 1 amide bonds. The summed E-state index contributed by atoms with van der Waals surface area (Å²) in [6.45, 7) is 1.91. The van der Waals surface area contributed by atoms with Crippen LogP contribution in [0, 0.1) is 5.92 Å². The van der Waals surface area contributed by atoms with Crippen LogP contribution in [0.5, 0.6) is 0 Å². The molecule has 24 heavy (non-hydrogen) atoms. The summed E-state index contributed by atoms with van der Waals surface area (Å²) in [7, 11) is 1.92. The number of ether oxygens (including phenoxy) is 1. The van der Waals surface area contributed by atoms with Crippen molar-refractivity contribution in [2.24, 2.45) is 13.0 Å². The summed E-state index contributed by atoms with van der Waals surface area (Å²) in [4.78, 5) is 22.9. The van der Waals surface area contributed by atoms with E-state index in [4.69, 9.17) is 4.74 Å². The molecule has 2 aromatic heterocycles. The molecule has 0 saturated heterocycles. The standard InChI is InChI=1S/C17H21N5O2/c1-21-16-13(8-20-21)4-7-22(15(16)11-24-10-12-2-3-12)17(23)14-9-18-5-6-19-14/h5-6,8-9,12,15H,2-4,7,10-11H2,1H3. The van der Waals surface area contributed by atoms with Crippen LogP contribution in [0.3, 0.4) is 0 Å². The molecule has 1 atom stereocenters. The highest BCUT2D eigenvalue weighted by atomic mass is 16.5. The highest BCUT2D eigenvalue weighted by Crippen LogP contribution is 2.32. The Balaban J connectivity index is 1.59. The predicted octanol–water partition coefficient (Wildman–Crippen LogP) is 1.38. The molecular formula is C17H21N5O2. The topological polar surface area (TPSA) is 73.1 Å². The third-order valence-corrected chi connectivity index (χ3v) is 4.75. The van der Waals surface area contributed by atoms with Gasteiger partial charge in [0.25, 0.3) is 5.91 Å². The first-order chi connectivity index (χ1) is 11.7. The first-order valence-corrected chi connectivity index (χ1v) is 8.39. The van der Waals surface area contributed by atoms with Gasteiger partial charge < -0.3 is 9.64 Å². The molecule has 126 valence electrons. The van der Waals surface area contributed by atoms with Crippen molar-refractivity contribution in [2.45, 2.75) is 25.3 Å². The van der Waals surface area contributed by atoms with E-state index in [0.29, 0.717) is 24.8 Å². The molecule has 1 aliphatic heterocycles. The zero-order valence-electron chi connectivity index (χ0n) is 13.8. The fraction of sp³-hybridized carbons (Fsp3) is 0.529. The van der Waals surface area contributed by atoms with Crippen LogP contribution in [0.1, 0.15) is 40.6 Å². The fourth-order valence-corrected chi connectivity index (χ4v) is 3.26. The van der Waals surface area contributed by atoms with Gasteiger partial charge in [-0.15, -0.1) is 0 Å². The van der Waals surface area contributed by atoms with Crippen molar-refractivity contribution < 1.29 is 9.53 Å². The van der Waals surface area contributed by atoms with E-state index in [1.165, 1.54) is 24.6 Å². The Hall–Kier alpha value is -2.28. The maximum atomic E-state index is 12.9. The monoisotopic (exact) mass is 327 g/mol. The zero-order chi connectivity index (χ0) is 16.5. The van der Waals surface area contributed by atoms with Gasteiger partial charge in [-0.1, -0.05) is 0 Å². The first kappa shape index (κ1) is 15.3. The molecule has 0 radical (unpaired) electrons. The summed E-state index contributed by atoms with van der Waals surface area (Å²) < 4.78 is 7.78. The minimum absolute atomic E-state index is 0.102. The molecule has 0 N–H and O–H groups in total. The van der Waals surface area contributed by atoms with Gasteiger partial charge in [0.05, 0.1) is 30.7 Å². The van der Waals surface area contributed by atoms with Gasteiger partial charge in [0.1, 0.15) is 5.69 Å². The summed E-state index contributed by atoms with van der Waals surface area (Å²) in [5.74, 6) is 0.596. The van der Waals surface area contributed by atoms with Crippen LogP contribution in [0.25, 0.3) is 0 Å². The molecular weight excluding hydrogens is 306 g/mol. The third kappa shape index (κ3) is 2.91. The SMILES string of the molecule is Cn1ncc2c1C(COCC1CC1)N(C(=O)c1cnccn1)CC2. The highest BCUT2D eigenvalue weighted by Gasteiger charge is 2.35. The van der Waals surface area contributed by atoms with Gasteiger partial charge in [0.15, 0.2) is 0 Å². The Morgan fingerprint density at radius 3 is 2.92 bits per heavy atom. The molecule has 2 aliphatic rings. The Labute approximate surface area is 140 Å². The van der Waals surface area contributed by atoms with E-state index in [1.54, 1.807) is 12.4 Å². The van der Waals surface area contributed by atoms with Gasteiger partial charge in [0, 0.05) is 32.6 Å². The van der Waals surface area contributed by atoms with E-state index in [1.807, 2.05) is 22.8 Å². The van der Waals surface area contributed by atoms with Crippen LogP contribution >= 0.6 is 0 Å². The van der Waals surface area contributed by atoms with E-state index in [9.17, 15) is 4.79 Å². The molecule has 7 nitrogen and oxygen atoms in total. The third-order valence-electron chi connectivity index (χ3n) is 4.75. The summed E-state index contributed by atoms with van der Waals surface area (Å²) in [6.07, 6.45) is 9.84. The second-order valence-corrected chi connectivity index (χ2v) is 6.51. The number of carbonyl (C=O) groups excluding carboxylic acids is 1. The molecule has 2 aromatic rings. The number of amides is 1. The largest absolute Gasteiger partial charge is 0.379 e. The fourth-order valence-electron chi connectivity index (χ4n) is 3.26. The van der Waals surface area contributed by atoms with E-state index < -0.39 is 0 Å². The second kappa shape index (κ2) is 6.32. The van der Waals surface area contributed by atoms with E-state index in [2.05, 4.69) is 15.1 Å². The normalized spacial score (nSPS) is 20.0. The Bertz CT molecular complexity index is 726. The zero-order valence-corrected chi connectivity index (χ0v) is 13.8. The van der Waals surface area contributed by atoms with Crippen LogP contribution in [0.2, 0.25) is 0 Å². The summed E-state index contributed by atoms with van der Waals surface area (Å²) >= 11 is 0. The molecule has 3 heterocycles. The van der Waals surface area contributed by atoms with E-state index in [0.717, 1.165) is 18.7 Å². The number of hydrogen-bond donors (Lipinski definition) is 0. The lowest BCUT2D eigenvalue weighted by Crippen LogP contribution is -2.43. The number of fused-ring (bicyclic) bond motifs is 1. The average molecular weight is 327 g/mol. The van der Waals surface area contributed by atoms with Gasteiger partial charge in [-0.25, -0.2) is 4.98 Å². The van der Waals surface area contributed by atoms with Gasteiger partial charge in [-0.05, 0) is 30.7 Å². The molecule has 1 aliphatic carbocycles. The van der Waals surface area contributed by atoms with Crippen molar-refractivity contribution in [1.82, 2.24) is 24.6 Å². The van der Waals surface area contributed by atoms with Crippen molar-refractivity contribution in [2.75, 3.05) is 19.8 Å². The lowest BCUT2D eigenvalue weighted by Gasteiger charge is -2.35. The van der Waals surface area contributed by atoms with Crippen molar-refractivity contribution in [3.63, 3.8) is 0 Å². The minimum Gasteiger partial charge on any atom is -0.379 e. The van der Waals surface area contributed by atoms with Crippen molar-refractivity contribution in [3.8, 4) is 0 Å². The van der Waals surface area contributed by atoms with Crippen LogP contribution in [-0.4, -0.2) is 50.3 Å². The van der Waals surface area contributed by atoms with E-state index in [-0.39, 0.29) is 11.9 Å². The van der Waals surface area contributed by atoms with Crippen LogP contribution in [0.4, 0.5) is 0 Å². The molecule has 7 heteroatoms. The maximum absolute atomic E-state index is 12.9. The van der Waals surface area contributed by atoms with Gasteiger partial charge >= 0.3 is 0 Å². The van der Waals surface area contributed by atoms with Crippen LogP contribution < -0.4 is 0 Å². The van der Waals surface area contributed by atoms with Crippen molar-refractivity contribution in [3.05, 3.63) is 41.7 Å². The number of aromatic nitrogens is 4.